The van der Waals surface area contributed by atoms with Gasteiger partial charge in [-0.15, -0.1) is 0 Å². The van der Waals surface area contributed by atoms with E-state index in [9.17, 15) is 4.79 Å². The van der Waals surface area contributed by atoms with E-state index in [1.165, 1.54) is 0 Å². The lowest BCUT2D eigenvalue weighted by atomic mass is 9.87. The fourth-order valence-electron chi connectivity index (χ4n) is 3.16. The van der Waals surface area contributed by atoms with Crippen molar-refractivity contribution in [1.82, 2.24) is 4.98 Å². The molecule has 1 atom stereocenters. The fourth-order valence-corrected chi connectivity index (χ4v) is 3.16. The Balaban J connectivity index is 1.84. The molecular weight excluding hydrogens is 292 g/mol. The van der Waals surface area contributed by atoms with Crippen LogP contribution < -0.4 is 9.64 Å². The summed E-state index contributed by atoms with van der Waals surface area (Å²) in [7, 11) is 1.64. The average Bonchev–Trinajstić information content (AvgIpc) is 2.57. The summed E-state index contributed by atoms with van der Waals surface area (Å²) in [6, 6.07) is 11.8. The van der Waals surface area contributed by atoms with Crippen molar-refractivity contribution >= 4 is 11.7 Å². The van der Waals surface area contributed by atoms with Gasteiger partial charge in [0.2, 0.25) is 0 Å². The van der Waals surface area contributed by atoms with Crippen LogP contribution in [0.4, 0.5) is 5.69 Å². The van der Waals surface area contributed by atoms with Gasteiger partial charge < -0.3 is 14.7 Å². The van der Waals surface area contributed by atoms with Gasteiger partial charge in [-0.25, -0.2) is 0 Å². The van der Waals surface area contributed by atoms with Crippen LogP contribution >= 0.6 is 0 Å². The second-order valence-electron chi connectivity index (χ2n) is 5.75. The summed E-state index contributed by atoms with van der Waals surface area (Å²) in [5, 5.41) is 9.11. The molecule has 3 rings (SSSR count). The van der Waals surface area contributed by atoms with E-state index in [-0.39, 0.29) is 12.3 Å². The highest BCUT2D eigenvalue weighted by atomic mass is 16.5. The first kappa shape index (κ1) is 15.3. The van der Waals surface area contributed by atoms with E-state index in [0.717, 1.165) is 35.7 Å². The smallest absolute Gasteiger partial charge is 0.303 e. The quantitative estimate of drug-likeness (QED) is 0.919. The van der Waals surface area contributed by atoms with Crippen LogP contribution in [0.3, 0.4) is 0 Å². The van der Waals surface area contributed by atoms with Gasteiger partial charge in [-0.1, -0.05) is 18.2 Å². The van der Waals surface area contributed by atoms with E-state index < -0.39 is 5.97 Å². The van der Waals surface area contributed by atoms with E-state index in [0.29, 0.717) is 6.54 Å². The molecule has 5 heteroatoms. The zero-order valence-electron chi connectivity index (χ0n) is 13.1. The molecule has 23 heavy (non-hydrogen) atoms. The van der Waals surface area contributed by atoms with Gasteiger partial charge >= 0.3 is 5.97 Å². The van der Waals surface area contributed by atoms with E-state index in [1.807, 2.05) is 30.3 Å². The van der Waals surface area contributed by atoms with Gasteiger partial charge in [0, 0.05) is 24.5 Å². The number of hydrogen-bond acceptors (Lipinski definition) is 4. The third-order valence-corrected chi connectivity index (χ3v) is 4.26. The number of carboxylic acid groups (broad SMARTS) is 1. The van der Waals surface area contributed by atoms with Gasteiger partial charge in [-0.2, -0.15) is 0 Å². The minimum Gasteiger partial charge on any atom is -0.497 e. The highest BCUT2D eigenvalue weighted by molar-refractivity contribution is 5.69. The summed E-state index contributed by atoms with van der Waals surface area (Å²) in [6.45, 7) is 1.52. The molecule has 2 aromatic rings. The summed E-state index contributed by atoms with van der Waals surface area (Å²) in [5.41, 5.74) is 3.16. The monoisotopic (exact) mass is 312 g/mol. The van der Waals surface area contributed by atoms with Crippen molar-refractivity contribution in [2.75, 3.05) is 18.6 Å². The zero-order chi connectivity index (χ0) is 16.2. The maximum absolute atomic E-state index is 11.1. The van der Waals surface area contributed by atoms with Crippen LogP contribution in [-0.4, -0.2) is 29.7 Å². The van der Waals surface area contributed by atoms with Gasteiger partial charge in [0.25, 0.3) is 0 Å². The molecule has 0 radical (unpaired) electrons. The molecule has 120 valence electrons. The third kappa shape index (κ3) is 3.44. The number of carboxylic acids is 1. The number of fused-ring (bicyclic) bond motifs is 1. The van der Waals surface area contributed by atoms with Crippen LogP contribution in [0.2, 0.25) is 0 Å². The van der Waals surface area contributed by atoms with Crippen molar-refractivity contribution in [2.45, 2.75) is 25.3 Å². The Hall–Kier alpha value is -2.56. The van der Waals surface area contributed by atoms with Crippen LogP contribution in [0.5, 0.6) is 5.75 Å². The molecule has 0 saturated heterocycles. The highest BCUT2D eigenvalue weighted by Gasteiger charge is 2.26. The largest absolute Gasteiger partial charge is 0.497 e. The molecule has 1 aromatic heterocycles. The van der Waals surface area contributed by atoms with Crippen molar-refractivity contribution in [3.05, 3.63) is 53.9 Å². The van der Waals surface area contributed by atoms with Crippen molar-refractivity contribution in [3.63, 3.8) is 0 Å². The van der Waals surface area contributed by atoms with E-state index in [4.69, 9.17) is 9.84 Å². The van der Waals surface area contributed by atoms with Gasteiger partial charge in [0.1, 0.15) is 5.75 Å². The maximum Gasteiger partial charge on any atom is 0.303 e. The van der Waals surface area contributed by atoms with Crippen LogP contribution in [0.15, 0.2) is 42.6 Å². The van der Waals surface area contributed by atoms with E-state index in [2.05, 4.69) is 16.0 Å². The van der Waals surface area contributed by atoms with Crippen LogP contribution in [0.25, 0.3) is 0 Å². The van der Waals surface area contributed by atoms with Gasteiger partial charge in [0.15, 0.2) is 0 Å². The van der Waals surface area contributed by atoms with Gasteiger partial charge in [0.05, 0.1) is 25.8 Å². The second-order valence-corrected chi connectivity index (χ2v) is 5.75. The summed E-state index contributed by atoms with van der Waals surface area (Å²) in [4.78, 5) is 17.7. The number of ether oxygens (including phenoxy) is 1. The summed E-state index contributed by atoms with van der Waals surface area (Å²) in [6.07, 6.45) is 2.77. The Labute approximate surface area is 135 Å². The maximum atomic E-state index is 11.1. The SMILES string of the molecule is COc1ccnc(CN2CCC(CC(=O)O)c3ccccc32)c1. The predicted octanol–water partition coefficient (Wildman–Crippen LogP) is 3.06. The Morgan fingerprint density at radius 3 is 3.00 bits per heavy atom. The number of aliphatic carboxylic acids is 1. The molecule has 0 saturated carbocycles. The molecule has 1 aliphatic rings. The Morgan fingerprint density at radius 1 is 1.39 bits per heavy atom. The van der Waals surface area contributed by atoms with Crippen molar-refractivity contribution in [3.8, 4) is 5.75 Å². The standard InChI is InChI=1S/C18H20N2O3/c1-23-15-6-8-19-14(11-15)12-20-9-7-13(10-18(21)22)16-4-2-3-5-17(16)20/h2-6,8,11,13H,7,9-10,12H2,1H3,(H,21,22). The third-order valence-electron chi connectivity index (χ3n) is 4.26. The number of benzene rings is 1. The van der Waals surface area contributed by atoms with Crippen LogP contribution in [0, 0.1) is 0 Å². The van der Waals surface area contributed by atoms with Crippen molar-refractivity contribution < 1.29 is 14.6 Å². The zero-order valence-corrected chi connectivity index (χ0v) is 13.1. The van der Waals surface area contributed by atoms with Crippen molar-refractivity contribution in [2.24, 2.45) is 0 Å². The number of methoxy groups -OCH3 is 1. The molecule has 2 heterocycles. The molecule has 1 aliphatic heterocycles. The van der Waals surface area contributed by atoms with E-state index >= 15 is 0 Å². The lowest BCUT2D eigenvalue weighted by Gasteiger charge is -2.35. The lowest BCUT2D eigenvalue weighted by molar-refractivity contribution is -0.137. The molecule has 5 nitrogen and oxygen atoms in total. The molecule has 0 aliphatic carbocycles. The topological polar surface area (TPSA) is 62.7 Å². The number of hydrogen-bond donors (Lipinski definition) is 1. The molecular formula is C18H20N2O3. The van der Waals surface area contributed by atoms with Gasteiger partial charge in [-0.3, -0.25) is 9.78 Å². The molecule has 0 spiro atoms. The normalized spacial score (nSPS) is 16.7. The first-order valence-corrected chi connectivity index (χ1v) is 7.72. The Morgan fingerprint density at radius 2 is 2.22 bits per heavy atom. The number of nitrogens with zero attached hydrogens (tertiary/aromatic N) is 2. The van der Waals surface area contributed by atoms with E-state index in [1.54, 1.807) is 13.3 Å². The molecule has 0 fully saturated rings. The molecule has 0 amide bonds. The minimum absolute atomic E-state index is 0.0817. The number of aromatic nitrogens is 1. The molecule has 1 aromatic carbocycles. The van der Waals surface area contributed by atoms with Gasteiger partial charge in [-0.05, 0) is 30.0 Å². The second kappa shape index (κ2) is 6.69. The summed E-state index contributed by atoms with van der Waals surface area (Å²) < 4.78 is 5.25. The van der Waals surface area contributed by atoms with Crippen LogP contribution in [0.1, 0.15) is 30.0 Å². The Kier molecular flexibility index (Phi) is 4.46. The number of rotatable bonds is 5. The number of anilines is 1. The number of para-hydroxylation sites is 1. The summed E-state index contributed by atoms with van der Waals surface area (Å²) in [5.74, 6) is 0.134. The van der Waals surface area contributed by atoms with Crippen molar-refractivity contribution in [1.29, 1.82) is 0 Å². The minimum atomic E-state index is -0.743. The highest BCUT2D eigenvalue weighted by Crippen LogP contribution is 2.37. The molecule has 0 bridgehead atoms. The molecule has 1 N–H and O–H groups in total. The predicted molar refractivity (Wildman–Crippen MR) is 87.9 cm³/mol. The average molecular weight is 312 g/mol. The number of carbonyl (C=O) groups is 1. The van der Waals surface area contributed by atoms with Crippen LogP contribution in [-0.2, 0) is 11.3 Å². The lowest BCUT2D eigenvalue weighted by Crippen LogP contribution is -2.31. The number of pyridine rings is 1. The first-order valence-electron chi connectivity index (χ1n) is 7.72. The first-order chi connectivity index (χ1) is 11.2. The molecule has 1 unspecified atom stereocenters. The Bertz CT molecular complexity index is 702. The fraction of sp³-hybridized carbons (Fsp3) is 0.333. The summed E-state index contributed by atoms with van der Waals surface area (Å²) >= 11 is 0.